The number of benzene rings is 2. The van der Waals surface area contributed by atoms with Gasteiger partial charge in [-0.1, -0.05) is 54.1 Å². The number of hydrogen-bond acceptors (Lipinski definition) is 6. The Balaban J connectivity index is 1.50. The Bertz CT molecular complexity index is 1140. The molecule has 2 N–H and O–H groups in total. The molecule has 0 bridgehead atoms. The maximum Gasteiger partial charge on any atom is 0.255 e. The maximum atomic E-state index is 12.9. The highest BCUT2D eigenvalue weighted by molar-refractivity contribution is 7.13. The molecule has 0 spiro atoms. The number of thiazole rings is 1. The van der Waals surface area contributed by atoms with Crippen LogP contribution in [0, 0.1) is 0 Å². The number of aromatic nitrogens is 1. The van der Waals surface area contributed by atoms with E-state index in [1.165, 1.54) is 23.3 Å². The number of ether oxygens (including phenoxy) is 1. The predicted octanol–water partition coefficient (Wildman–Crippen LogP) is 3.43. The van der Waals surface area contributed by atoms with Gasteiger partial charge in [0, 0.05) is 25.6 Å². The van der Waals surface area contributed by atoms with Crippen molar-refractivity contribution >= 4 is 45.8 Å². The fourth-order valence-electron chi connectivity index (χ4n) is 3.25. The summed E-state index contributed by atoms with van der Waals surface area (Å²) in [6, 6.07) is 16.6. The van der Waals surface area contributed by atoms with Gasteiger partial charge in [-0.3, -0.25) is 14.4 Å². The normalized spacial score (nSPS) is 10.6. The minimum absolute atomic E-state index is 0.117. The molecule has 8 nitrogen and oxygen atoms in total. The average Bonchev–Trinajstić information content (AvgIpc) is 3.28. The summed E-state index contributed by atoms with van der Waals surface area (Å²) in [7, 11) is 1.52. The van der Waals surface area contributed by atoms with Gasteiger partial charge in [0.2, 0.25) is 11.8 Å². The lowest BCUT2D eigenvalue weighted by molar-refractivity contribution is -0.120. The van der Waals surface area contributed by atoms with Crippen LogP contribution in [0.1, 0.15) is 21.6 Å². The molecule has 0 saturated heterocycles. The van der Waals surface area contributed by atoms with Crippen LogP contribution in [-0.2, 0) is 27.2 Å². The standard InChI is InChI=1S/C25H27ClN4O4S/c1-34-14-13-30(24(33)20-9-5-6-10-21(20)26)16-23(32)29-25-28-19(17-35-25)15-22(31)27-12-11-18-7-3-2-4-8-18/h2-10,17H,11-16H2,1H3,(H,27,31)(H,28,29,32). The van der Waals surface area contributed by atoms with E-state index in [0.717, 1.165) is 12.0 Å². The molecule has 184 valence electrons. The van der Waals surface area contributed by atoms with Crippen LogP contribution in [0.15, 0.2) is 60.0 Å². The molecule has 0 atom stereocenters. The molecule has 0 aliphatic carbocycles. The van der Waals surface area contributed by atoms with Crippen molar-refractivity contribution in [2.75, 3.05) is 38.7 Å². The Morgan fingerprint density at radius 3 is 2.54 bits per heavy atom. The van der Waals surface area contributed by atoms with Crippen molar-refractivity contribution < 1.29 is 19.1 Å². The lowest BCUT2D eigenvalue weighted by Gasteiger charge is -2.22. The number of hydrogen-bond donors (Lipinski definition) is 2. The van der Waals surface area contributed by atoms with E-state index in [1.54, 1.807) is 29.6 Å². The zero-order chi connectivity index (χ0) is 25.0. The van der Waals surface area contributed by atoms with Crippen LogP contribution in [-0.4, -0.2) is 61.0 Å². The second kappa shape index (κ2) is 13.6. The third-order valence-electron chi connectivity index (χ3n) is 5.01. The van der Waals surface area contributed by atoms with Crippen LogP contribution in [0.25, 0.3) is 0 Å². The van der Waals surface area contributed by atoms with Gasteiger partial charge in [0.05, 0.1) is 29.3 Å². The summed E-state index contributed by atoms with van der Waals surface area (Å²) >= 11 is 7.37. The molecule has 3 amide bonds. The van der Waals surface area contributed by atoms with E-state index in [2.05, 4.69) is 15.6 Å². The Morgan fingerprint density at radius 1 is 1.06 bits per heavy atom. The van der Waals surface area contributed by atoms with Gasteiger partial charge in [0.1, 0.15) is 6.54 Å². The van der Waals surface area contributed by atoms with Crippen LogP contribution in [0.5, 0.6) is 0 Å². The molecule has 10 heteroatoms. The summed E-state index contributed by atoms with van der Waals surface area (Å²) in [4.78, 5) is 43.4. The monoisotopic (exact) mass is 514 g/mol. The highest BCUT2D eigenvalue weighted by atomic mass is 35.5. The van der Waals surface area contributed by atoms with Crippen molar-refractivity contribution in [3.05, 3.63) is 81.8 Å². The third kappa shape index (κ3) is 8.47. The van der Waals surface area contributed by atoms with Gasteiger partial charge < -0.3 is 20.3 Å². The SMILES string of the molecule is COCCN(CC(=O)Nc1nc(CC(=O)NCCc2ccccc2)cs1)C(=O)c1ccccc1Cl. The maximum absolute atomic E-state index is 12.9. The summed E-state index contributed by atoms with van der Waals surface area (Å²) in [5.41, 5.74) is 2.03. The number of nitrogens with one attached hydrogen (secondary N) is 2. The molecule has 3 rings (SSSR count). The molecule has 1 aromatic heterocycles. The molecule has 0 fully saturated rings. The highest BCUT2D eigenvalue weighted by Gasteiger charge is 2.21. The van der Waals surface area contributed by atoms with Crippen LogP contribution < -0.4 is 10.6 Å². The molecular formula is C25H27ClN4O4S. The zero-order valence-corrected chi connectivity index (χ0v) is 20.9. The van der Waals surface area contributed by atoms with Crippen LogP contribution in [0.3, 0.4) is 0 Å². The molecule has 3 aromatic rings. The van der Waals surface area contributed by atoms with Crippen molar-refractivity contribution in [3.8, 4) is 0 Å². The van der Waals surface area contributed by atoms with Crippen molar-refractivity contribution in [2.45, 2.75) is 12.8 Å². The number of amides is 3. The van der Waals surface area contributed by atoms with Gasteiger partial charge in [0.15, 0.2) is 5.13 Å². The lowest BCUT2D eigenvalue weighted by atomic mass is 10.1. The van der Waals surface area contributed by atoms with Gasteiger partial charge in [-0.15, -0.1) is 11.3 Å². The number of carbonyl (C=O) groups excluding carboxylic acids is 3. The third-order valence-corrected chi connectivity index (χ3v) is 6.15. The number of rotatable bonds is 12. The summed E-state index contributed by atoms with van der Waals surface area (Å²) in [6.45, 7) is 0.833. The zero-order valence-electron chi connectivity index (χ0n) is 19.3. The fourth-order valence-corrected chi connectivity index (χ4v) is 4.20. The van der Waals surface area contributed by atoms with Gasteiger partial charge in [-0.2, -0.15) is 0 Å². The van der Waals surface area contributed by atoms with E-state index >= 15 is 0 Å². The van der Waals surface area contributed by atoms with E-state index in [-0.39, 0.29) is 37.9 Å². The Morgan fingerprint density at radius 2 is 1.80 bits per heavy atom. The van der Waals surface area contributed by atoms with Gasteiger partial charge in [0.25, 0.3) is 5.91 Å². The first-order valence-corrected chi connectivity index (χ1v) is 12.3. The molecule has 2 aromatic carbocycles. The number of halogens is 1. The summed E-state index contributed by atoms with van der Waals surface area (Å²) in [5, 5.41) is 7.97. The van der Waals surface area contributed by atoms with Crippen LogP contribution in [0.4, 0.5) is 5.13 Å². The quantitative estimate of drug-likeness (QED) is 0.385. The second-order valence-corrected chi connectivity index (χ2v) is 8.92. The molecule has 0 aliphatic rings. The van der Waals surface area contributed by atoms with Gasteiger partial charge in [-0.05, 0) is 24.1 Å². The minimum atomic E-state index is -0.408. The molecule has 1 heterocycles. The van der Waals surface area contributed by atoms with Crippen molar-refractivity contribution in [1.29, 1.82) is 0 Å². The largest absolute Gasteiger partial charge is 0.383 e. The summed E-state index contributed by atoms with van der Waals surface area (Å²) in [6.07, 6.45) is 0.865. The first-order chi connectivity index (χ1) is 17.0. The number of anilines is 1. The topological polar surface area (TPSA) is 101 Å². The number of nitrogens with zero attached hydrogens (tertiary/aromatic N) is 2. The summed E-state index contributed by atoms with van der Waals surface area (Å²) in [5.74, 6) is -0.912. The van der Waals surface area contributed by atoms with Crippen molar-refractivity contribution in [3.63, 3.8) is 0 Å². The van der Waals surface area contributed by atoms with Crippen molar-refractivity contribution in [2.24, 2.45) is 0 Å². The predicted molar refractivity (Wildman–Crippen MR) is 137 cm³/mol. The highest BCUT2D eigenvalue weighted by Crippen LogP contribution is 2.18. The van der Waals surface area contributed by atoms with E-state index < -0.39 is 5.91 Å². The first-order valence-electron chi connectivity index (χ1n) is 11.0. The van der Waals surface area contributed by atoms with E-state index in [9.17, 15) is 14.4 Å². The van der Waals surface area contributed by atoms with Crippen molar-refractivity contribution in [1.82, 2.24) is 15.2 Å². The summed E-state index contributed by atoms with van der Waals surface area (Å²) < 4.78 is 5.08. The number of carbonyl (C=O) groups is 3. The lowest BCUT2D eigenvalue weighted by Crippen LogP contribution is -2.40. The fraction of sp³-hybridized carbons (Fsp3) is 0.280. The molecule has 0 radical (unpaired) electrons. The van der Waals surface area contributed by atoms with E-state index in [1.807, 2.05) is 30.3 Å². The average molecular weight is 515 g/mol. The Hall–Kier alpha value is -3.27. The Kier molecular flexibility index (Phi) is 10.2. The molecule has 0 saturated carbocycles. The van der Waals surface area contributed by atoms with Gasteiger partial charge >= 0.3 is 0 Å². The molecule has 35 heavy (non-hydrogen) atoms. The molecular weight excluding hydrogens is 488 g/mol. The van der Waals surface area contributed by atoms with Crippen LogP contribution in [0.2, 0.25) is 5.02 Å². The van der Waals surface area contributed by atoms with E-state index in [4.69, 9.17) is 16.3 Å². The molecule has 0 aliphatic heterocycles. The minimum Gasteiger partial charge on any atom is -0.383 e. The Labute approximate surface area is 213 Å². The first kappa shape index (κ1) is 26.3. The number of methoxy groups -OCH3 is 1. The van der Waals surface area contributed by atoms with Gasteiger partial charge in [-0.25, -0.2) is 4.98 Å². The smallest absolute Gasteiger partial charge is 0.255 e. The second-order valence-electron chi connectivity index (χ2n) is 7.65. The van der Waals surface area contributed by atoms with Crippen LogP contribution >= 0.6 is 22.9 Å². The molecule has 0 unspecified atom stereocenters. The van der Waals surface area contributed by atoms with E-state index in [0.29, 0.717) is 28.0 Å².